The number of nitrogens with two attached hydrogens (primary N) is 1. The van der Waals surface area contributed by atoms with Crippen LogP contribution in [0.15, 0.2) is 0 Å². The lowest BCUT2D eigenvalue weighted by molar-refractivity contribution is 0.203. The molecule has 0 heterocycles. The number of nitrogens with zero attached hydrogens (tertiary/aromatic N) is 1. The molecule has 2 unspecified atom stereocenters. The molecule has 0 aliphatic carbocycles. The fraction of sp³-hybridized carbons (Fsp3) is 1.00. The number of rotatable bonds is 7. The second-order valence-corrected chi connectivity index (χ2v) is 4.13. The predicted molar refractivity (Wildman–Crippen MR) is 59.8 cm³/mol. The summed E-state index contributed by atoms with van der Waals surface area (Å²) in [6, 6.07) is 0.582. The Balaban J connectivity index is 3.82. The highest BCUT2D eigenvalue weighted by Gasteiger charge is 2.13. The van der Waals surface area contributed by atoms with Crippen molar-refractivity contribution in [1.82, 2.24) is 4.90 Å². The van der Waals surface area contributed by atoms with Gasteiger partial charge in [0, 0.05) is 19.1 Å². The van der Waals surface area contributed by atoms with Crippen molar-refractivity contribution in [2.24, 2.45) is 11.7 Å². The maximum Gasteiger partial charge on any atom is 0.0215 e. The van der Waals surface area contributed by atoms with E-state index in [9.17, 15) is 0 Å². The first kappa shape index (κ1) is 12.9. The molecule has 0 rings (SSSR count). The smallest absolute Gasteiger partial charge is 0.0215 e. The molecule has 2 heteroatoms. The van der Waals surface area contributed by atoms with Gasteiger partial charge in [0.2, 0.25) is 0 Å². The van der Waals surface area contributed by atoms with Crippen molar-refractivity contribution in [2.75, 3.05) is 20.1 Å². The van der Waals surface area contributed by atoms with Gasteiger partial charge in [-0.05, 0) is 19.4 Å². The van der Waals surface area contributed by atoms with Gasteiger partial charge in [-0.1, -0.05) is 33.6 Å². The van der Waals surface area contributed by atoms with E-state index in [4.69, 9.17) is 5.73 Å². The highest BCUT2D eigenvalue weighted by atomic mass is 15.1. The van der Waals surface area contributed by atoms with Crippen molar-refractivity contribution in [3.63, 3.8) is 0 Å². The van der Waals surface area contributed by atoms with Crippen molar-refractivity contribution in [1.29, 1.82) is 0 Å². The molecule has 2 nitrogen and oxygen atoms in total. The highest BCUT2D eigenvalue weighted by molar-refractivity contribution is 4.70. The molecule has 0 aromatic rings. The van der Waals surface area contributed by atoms with Crippen molar-refractivity contribution >= 4 is 0 Å². The third-order valence-electron chi connectivity index (χ3n) is 2.81. The van der Waals surface area contributed by atoms with Gasteiger partial charge in [-0.3, -0.25) is 0 Å². The third-order valence-corrected chi connectivity index (χ3v) is 2.81. The Labute approximate surface area is 83.5 Å². The number of hydrogen-bond acceptors (Lipinski definition) is 2. The summed E-state index contributed by atoms with van der Waals surface area (Å²) < 4.78 is 0. The van der Waals surface area contributed by atoms with Gasteiger partial charge in [-0.25, -0.2) is 0 Å². The minimum absolute atomic E-state index is 0.582. The first-order chi connectivity index (χ1) is 6.15. The van der Waals surface area contributed by atoms with Crippen LogP contribution in [-0.2, 0) is 0 Å². The Bertz CT molecular complexity index is 115. The molecule has 80 valence electrons. The molecule has 0 saturated heterocycles. The number of likely N-dealkylation sites (N-methyl/N-ethyl adjacent to an activating group) is 1. The molecule has 0 amide bonds. The quantitative estimate of drug-likeness (QED) is 0.659. The molecule has 0 bridgehead atoms. The molecule has 2 atom stereocenters. The average molecular weight is 186 g/mol. The van der Waals surface area contributed by atoms with Crippen LogP contribution in [0.3, 0.4) is 0 Å². The molecule has 0 aliphatic rings. The largest absolute Gasteiger partial charge is 0.329 e. The van der Waals surface area contributed by atoms with E-state index in [0.29, 0.717) is 6.04 Å². The predicted octanol–water partition coefficient (Wildman–Crippen LogP) is 2.09. The van der Waals surface area contributed by atoms with Gasteiger partial charge in [0.25, 0.3) is 0 Å². The molecule has 2 N–H and O–H groups in total. The first-order valence-electron chi connectivity index (χ1n) is 5.55. The summed E-state index contributed by atoms with van der Waals surface area (Å²) in [6.45, 7) is 8.74. The maximum absolute atomic E-state index is 5.74. The van der Waals surface area contributed by atoms with Crippen LogP contribution < -0.4 is 5.73 Å². The van der Waals surface area contributed by atoms with E-state index in [0.717, 1.165) is 12.5 Å². The molecular weight excluding hydrogens is 160 g/mol. The fourth-order valence-corrected chi connectivity index (χ4v) is 1.62. The Morgan fingerprint density at radius 3 is 2.31 bits per heavy atom. The monoisotopic (exact) mass is 186 g/mol. The van der Waals surface area contributed by atoms with Gasteiger partial charge in [0.05, 0.1) is 0 Å². The average Bonchev–Trinajstić information content (AvgIpc) is 2.13. The van der Waals surface area contributed by atoms with Crippen molar-refractivity contribution < 1.29 is 0 Å². The third kappa shape index (κ3) is 5.27. The lowest BCUT2D eigenvalue weighted by Crippen LogP contribution is -2.40. The van der Waals surface area contributed by atoms with Crippen molar-refractivity contribution in [2.45, 2.75) is 46.1 Å². The molecule has 0 radical (unpaired) electrons. The minimum Gasteiger partial charge on any atom is -0.329 e. The molecule has 0 fully saturated rings. The van der Waals surface area contributed by atoms with Crippen LogP contribution in [0.25, 0.3) is 0 Å². The summed E-state index contributed by atoms with van der Waals surface area (Å²) in [5, 5.41) is 0. The fourth-order valence-electron chi connectivity index (χ4n) is 1.62. The zero-order valence-corrected chi connectivity index (χ0v) is 9.71. The van der Waals surface area contributed by atoms with Crippen molar-refractivity contribution in [3.8, 4) is 0 Å². The van der Waals surface area contributed by atoms with E-state index >= 15 is 0 Å². The van der Waals surface area contributed by atoms with Crippen LogP contribution in [0, 0.1) is 5.92 Å². The van der Waals surface area contributed by atoms with Crippen LogP contribution in [-0.4, -0.2) is 31.1 Å². The lowest BCUT2D eigenvalue weighted by atomic mass is 10.1. The van der Waals surface area contributed by atoms with E-state index in [2.05, 4.69) is 32.7 Å². The summed E-state index contributed by atoms with van der Waals surface area (Å²) >= 11 is 0. The molecule has 13 heavy (non-hydrogen) atoms. The standard InChI is InChI=1S/C11H26N2/c1-5-7-11(8-12)13(4)9-10(3)6-2/h10-11H,5-9,12H2,1-4H3. The number of hydrogen-bond donors (Lipinski definition) is 1. The van der Waals surface area contributed by atoms with Gasteiger partial charge in [-0.15, -0.1) is 0 Å². The van der Waals surface area contributed by atoms with Crippen molar-refractivity contribution in [3.05, 3.63) is 0 Å². The Hall–Kier alpha value is -0.0800. The summed E-state index contributed by atoms with van der Waals surface area (Å²) in [4.78, 5) is 2.41. The molecule has 0 aliphatic heterocycles. The Morgan fingerprint density at radius 2 is 1.92 bits per heavy atom. The Morgan fingerprint density at radius 1 is 1.31 bits per heavy atom. The van der Waals surface area contributed by atoms with Crippen LogP contribution in [0.4, 0.5) is 0 Å². The SMILES string of the molecule is CCCC(CN)N(C)CC(C)CC. The molecule has 0 aromatic heterocycles. The Kier molecular flexibility index (Phi) is 7.29. The van der Waals surface area contributed by atoms with E-state index < -0.39 is 0 Å². The van der Waals surface area contributed by atoms with E-state index in [1.165, 1.54) is 25.8 Å². The van der Waals surface area contributed by atoms with E-state index in [-0.39, 0.29) is 0 Å². The molecular formula is C11H26N2. The van der Waals surface area contributed by atoms with Gasteiger partial charge in [0.1, 0.15) is 0 Å². The second-order valence-electron chi connectivity index (χ2n) is 4.13. The highest BCUT2D eigenvalue weighted by Crippen LogP contribution is 2.08. The van der Waals surface area contributed by atoms with E-state index in [1.807, 2.05) is 0 Å². The first-order valence-corrected chi connectivity index (χ1v) is 5.55. The normalized spacial score (nSPS) is 16.2. The summed E-state index contributed by atoms with van der Waals surface area (Å²) in [5.74, 6) is 0.788. The van der Waals surface area contributed by atoms with Crippen LogP contribution in [0.5, 0.6) is 0 Å². The zero-order valence-electron chi connectivity index (χ0n) is 9.71. The zero-order chi connectivity index (χ0) is 10.3. The summed E-state index contributed by atoms with van der Waals surface area (Å²) in [7, 11) is 2.19. The van der Waals surface area contributed by atoms with Crippen LogP contribution in [0.1, 0.15) is 40.0 Å². The molecule has 0 aromatic carbocycles. The summed E-state index contributed by atoms with van der Waals surface area (Å²) in [6.07, 6.45) is 3.71. The van der Waals surface area contributed by atoms with Gasteiger partial charge >= 0.3 is 0 Å². The van der Waals surface area contributed by atoms with Crippen LogP contribution >= 0.6 is 0 Å². The molecule has 0 spiro atoms. The van der Waals surface area contributed by atoms with Gasteiger partial charge in [0.15, 0.2) is 0 Å². The van der Waals surface area contributed by atoms with Crippen LogP contribution in [0.2, 0.25) is 0 Å². The maximum atomic E-state index is 5.74. The minimum atomic E-state index is 0.582. The topological polar surface area (TPSA) is 29.3 Å². The van der Waals surface area contributed by atoms with Gasteiger partial charge < -0.3 is 10.6 Å². The lowest BCUT2D eigenvalue weighted by Gasteiger charge is -2.28. The molecule has 0 saturated carbocycles. The van der Waals surface area contributed by atoms with E-state index in [1.54, 1.807) is 0 Å². The second kappa shape index (κ2) is 7.34. The van der Waals surface area contributed by atoms with Gasteiger partial charge in [-0.2, -0.15) is 0 Å². The summed E-state index contributed by atoms with van der Waals surface area (Å²) in [5.41, 5.74) is 5.74.